The molecule has 0 spiro atoms. The molecule has 2 heterocycles. The molecule has 0 amide bonds. The van der Waals surface area contributed by atoms with E-state index in [4.69, 9.17) is 0 Å². The lowest BCUT2D eigenvalue weighted by atomic mass is 10.1. The van der Waals surface area contributed by atoms with E-state index < -0.39 is 12.2 Å². The van der Waals surface area contributed by atoms with Gasteiger partial charge in [-0.1, -0.05) is 0 Å². The summed E-state index contributed by atoms with van der Waals surface area (Å²) in [5, 5.41) is 6.28. The summed E-state index contributed by atoms with van der Waals surface area (Å²) in [5.74, 6) is 1.19. The zero-order valence-electron chi connectivity index (χ0n) is 12.4. The largest absolute Gasteiger partial charge is 0.406 e. The second kappa shape index (κ2) is 4.75. The van der Waals surface area contributed by atoms with Crippen LogP contribution in [0.5, 0.6) is 0 Å². The molecule has 22 heavy (non-hydrogen) atoms. The van der Waals surface area contributed by atoms with Crippen LogP contribution in [0, 0.1) is 5.92 Å². The number of halogens is 3. The molecule has 0 bridgehead atoms. The maximum absolute atomic E-state index is 13.5. The number of amidine groups is 1. The van der Waals surface area contributed by atoms with Crippen LogP contribution in [-0.2, 0) is 0 Å². The van der Waals surface area contributed by atoms with Gasteiger partial charge < -0.3 is 5.32 Å². The number of hydrogen-bond donors (Lipinski definition) is 1. The monoisotopic (exact) mass is 312 g/mol. The van der Waals surface area contributed by atoms with Gasteiger partial charge in [-0.05, 0) is 44.6 Å². The normalized spacial score (nSPS) is 29.1. The van der Waals surface area contributed by atoms with Crippen molar-refractivity contribution in [1.29, 1.82) is 0 Å². The van der Waals surface area contributed by atoms with Gasteiger partial charge in [0.15, 0.2) is 0 Å². The Bertz CT molecular complexity index is 570. The van der Waals surface area contributed by atoms with Gasteiger partial charge in [-0.3, -0.25) is 10.0 Å². The summed E-state index contributed by atoms with van der Waals surface area (Å²) in [6, 6.07) is -1.01. The second-order valence-corrected chi connectivity index (χ2v) is 6.50. The lowest BCUT2D eigenvalue weighted by Crippen LogP contribution is -2.54. The number of hydrogen-bond acceptors (Lipinski definition) is 3. The third-order valence-corrected chi connectivity index (χ3v) is 4.49. The van der Waals surface area contributed by atoms with E-state index in [2.05, 4.69) is 10.3 Å². The second-order valence-electron chi connectivity index (χ2n) is 6.50. The molecule has 7 heteroatoms. The summed E-state index contributed by atoms with van der Waals surface area (Å²) in [5.41, 5.74) is 0.789. The molecule has 0 saturated heterocycles. The summed E-state index contributed by atoms with van der Waals surface area (Å²) in [6.45, 7) is 2.13. The molecule has 0 aromatic rings. The minimum atomic E-state index is -4.20. The van der Waals surface area contributed by atoms with Gasteiger partial charge in [0.2, 0.25) is 0 Å². The summed E-state index contributed by atoms with van der Waals surface area (Å²) >= 11 is 0. The van der Waals surface area contributed by atoms with Crippen molar-refractivity contribution in [2.75, 3.05) is 6.54 Å². The van der Waals surface area contributed by atoms with Gasteiger partial charge in [0, 0.05) is 18.3 Å². The van der Waals surface area contributed by atoms with Crippen LogP contribution >= 0.6 is 0 Å². The molecule has 0 radical (unpaired) electrons. The molecule has 2 saturated carbocycles. The number of nitrogens with one attached hydrogen (secondary N) is 1. The van der Waals surface area contributed by atoms with E-state index in [1.807, 2.05) is 19.1 Å². The lowest BCUT2D eigenvalue weighted by molar-refractivity contribution is -0.212. The average Bonchev–Trinajstić information content (AvgIpc) is 3.30. The fourth-order valence-corrected chi connectivity index (χ4v) is 3.21. The van der Waals surface area contributed by atoms with Crippen LogP contribution in [0.15, 0.2) is 28.7 Å². The molecular weight excluding hydrogens is 293 g/mol. The van der Waals surface area contributed by atoms with E-state index in [-0.39, 0.29) is 12.5 Å². The van der Waals surface area contributed by atoms with Gasteiger partial charge in [-0.25, -0.2) is 0 Å². The third-order valence-electron chi connectivity index (χ3n) is 4.49. The molecular formula is C15H19F3N4. The van der Waals surface area contributed by atoms with Crippen molar-refractivity contribution < 1.29 is 13.2 Å². The molecule has 4 rings (SSSR count). The van der Waals surface area contributed by atoms with Crippen LogP contribution < -0.4 is 5.32 Å². The van der Waals surface area contributed by atoms with Crippen molar-refractivity contribution >= 4 is 5.84 Å². The van der Waals surface area contributed by atoms with Gasteiger partial charge in [0.05, 0.1) is 6.04 Å². The maximum Gasteiger partial charge on any atom is 0.406 e. The summed E-state index contributed by atoms with van der Waals surface area (Å²) < 4.78 is 40.4. The van der Waals surface area contributed by atoms with E-state index in [1.165, 1.54) is 5.01 Å². The number of allylic oxidation sites excluding steroid dienone is 1. The Hall–Kier alpha value is -1.50. The standard InChI is InChI=1S/C15H19F3N4/c1-9-8-12(19-11-4-5-11)20-13-6-7-21(22(9)13)14(10-2-3-10)15(16,17)18/h6,8,10-11,14H,2-5,7H2,1H3,(H,19,20). The van der Waals surface area contributed by atoms with Crippen LogP contribution in [0.25, 0.3) is 0 Å². The molecule has 1 unspecified atom stereocenters. The Labute approximate surface area is 127 Å². The van der Waals surface area contributed by atoms with Crippen LogP contribution in [0.1, 0.15) is 32.6 Å². The lowest BCUT2D eigenvalue weighted by Gasteiger charge is -2.41. The quantitative estimate of drug-likeness (QED) is 0.869. The molecule has 4 aliphatic rings. The van der Waals surface area contributed by atoms with Gasteiger partial charge in [0.1, 0.15) is 17.7 Å². The van der Waals surface area contributed by atoms with E-state index in [1.54, 1.807) is 5.01 Å². The Morgan fingerprint density at radius 1 is 1.27 bits per heavy atom. The summed E-state index contributed by atoms with van der Waals surface area (Å²) in [7, 11) is 0. The Balaban J connectivity index is 1.60. The highest BCUT2D eigenvalue weighted by Crippen LogP contribution is 2.45. The molecule has 1 atom stereocenters. The van der Waals surface area contributed by atoms with Gasteiger partial charge >= 0.3 is 6.18 Å². The van der Waals surface area contributed by atoms with Crippen molar-refractivity contribution in [1.82, 2.24) is 15.3 Å². The van der Waals surface area contributed by atoms with Crippen molar-refractivity contribution in [3.05, 3.63) is 23.7 Å². The first-order valence-electron chi connectivity index (χ1n) is 7.80. The summed E-state index contributed by atoms with van der Waals surface area (Å²) in [4.78, 5) is 4.55. The molecule has 2 fully saturated rings. The van der Waals surface area contributed by atoms with E-state index >= 15 is 0 Å². The molecule has 2 aliphatic carbocycles. The topological polar surface area (TPSA) is 30.9 Å². The molecule has 0 aromatic heterocycles. The fraction of sp³-hybridized carbons (Fsp3) is 0.667. The van der Waals surface area contributed by atoms with Crippen LogP contribution in [0.4, 0.5) is 13.2 Å². The third kappa shape index (κ3) is 2.51. The summed E-state index contributed by atoms with van der Waals surface area (Å²) in [6.07, 6.45) is 2.99. The molecule has 120 valence electrons. The zero-order valence-corrected chi connectivity index (χ0v) is 12.4. The Morgan fingerprint density at radius 3 is 2.59 bits per heavy atom. The van der Waals surface area contributed by atoms with E-state index in [9.17, 15) is 13.2 Å². The molecule has 0 aromatic carbocycles. The van der Waals surface area contributed by atoms with Gasteiger partial charge in [-0.15, -0.1) is 0 Å². The first kappa shape index (κ1) is 14.1. The number of aliphatic imine (C=N–C) groups is 1. The highest BCUT2D eigenvalue weighted by molar-refractivity contribution is 5.96. The van der Waals surface area contributed by atoms with Crippen molar-refractivity contribution in [2.45, 2.75) is 50.9 Å². The van der Waals surface area contributed by atoms with Crippen LogP contribution in [0.2, 0.25) is 0 Å². The van der Waals surface area contributed by atoms with Crippen molar-refractivity contribution in [2.24, 2.45) is 10.9 Å². The minimum absolute atomic E-state index is 0.276. The predicted molar refractivity (Wildman–Crippen MR) is 76.5 cm³/mol. The number of fused-ring (bicyclic) bond motifs is 1. The number of rotatable bonds is 3. The first-order chi connectivity index (χ1) is 10.4. The predicted octanol–water partition coefficient (Wildman–Crippen LogP) is 2.77. The molecule has 4 nitrogen and oxygen atoms in total. The van der Waals surface area contributed by atoms with Crippen LogP contribution in [0.3, 0.4) is 0 Å². The average molecular weight is 312 g/mol. The maximum atomic E-state index is 13.5. The highest BCUT2D eigenvalue weighted by Gasteiger charge is 2.55. The van der Waals surface area contributed by atoms with Gasteiger partial charge in [0.25, 0.3) is 0 Å². The fourth-order valence-electron chi connectivity index (χ4n) is 3.21. The minimum Gasteiger partial charge on any atom is -0.326 e. The SMILES string of the molecule is CC1=CC(=NC2CC2)NC2=CCN(C(C3CC3)C(F)(F)F)N12. The molecule has 1 N–H and O–H groups in total. The van der Waals surface area contributed by atoms with E-state index in [0.717, 1.165) is 24.4 Å². The number of hydrazine groups is 1. The van der Waals surface area contributed by atoms with Crippen molar-refractivity contribution in [3.8, 4) is 0 Å². The smallest absolute Gasteiger partial charge is 0.326 e. The first-order valence-corrected chi connectivity index (χ1v) is 7.80. The zero-order chi connectivity index (χ0) is 15.5. The Morgan fingerprint density at radius 2 is 2.00 bits per heavy atom. The van der Waals surface area contributed by atoms with Crippen LogP contribution in [-0.4, -0.2) is 40.7 Å². The Kier molecular flexibility index (Phi) is 3.04. The molecule has 2 aliphatic heterocycles. The van der Waals surface area contributed by atoms with Crippen molar-refractivity contribution in [3.63, 3.8) is 0 Å². The number of alkyl halides is 3. The van der Waals surface area contributed by atoms with E-state index in [0.29, 0.717) is 24.7 Å². The highest BCUT2D eigenvalue weighted by atomic mass is 19.4. The van der Waals surface area contributed by atoms with Gasteiger partial charge in [-0.2, -0.15) is 18.2 Å². The number of nitrogens with zero attached hydrogens (tertiary/aromatic N) is 3.